The van der Waals surface area contributed by atoms with E-state index < -0.39 is 22.6 Å². The van der Waals surface area contributed by atoms with E-state index in [1.54, 1.807) is 6.92 Å². The number of ether oxygens (including phenoxy) is 2. The predicted molar refractivity (Wildman–Crippen MR) is 103 cm³/mol. The normalized spacial score (nSPS) is 11.1. The molecule has 0 fully saturated rings. The molecule has 0 atom stereocenters. The molecule has 0 N–H and O–H groups in total. The van der Waals surface area contributed by atoms with Gasteiger partial charge in [-0.25, -0.2) is 0 Å². The molecular weight excluding hydrogens is 435 g/mol. The lowest BCUT2D eigenvalue weighted by atomic mass is 10.1. The van der Waals surface area contributed by atoms with E-state index in [1.807, 2.05) is 0 Å². The van der Waals surface area contributed by atoms with Gasteiger partial charge in [0.05, 0.1) is 34.1 Å². The lowest BCUT2D eigenvalue weighted by Crippen LogP contribution is -2.12. The maximum absolute atomic E-state index is 12.7. The van der Waals surface area contributed by atoms with Gasteiger partial charge in [-0.05, 0) is 37.3 Å². The number of hydrogen-bond donors (Lipinski definition) is 0. The zero-order chi connectivity index (χ0) is 21.8. The lowest BCUT2D eigenvalue weighted by Gasteiger charge is -2.12. The van der Waals surface area contributed by atoms with Crippen LogP contribution in [-0.4, -0.2) is 22.4 Å². The summed E-state index contributed by atoms with van der Waals surface area (Å²) in [7, 11) is 0. The van der Waals surface area contributed by atoms with Crippen LogP contribution in [0, 0.1) is 10.1 Å². The van der Waals surface area contributed by atoms with E-state index in [0.717, 1.165) is 18.2 Å². The molecule has 2 aromatic carbocycles. The Morgan fingerprint density at radius 3 is 2.48 bits per heavy atom. The van der Waals surface area contributed by atoms with Crippen LogP contribution in [0.15, 0.2) is 36.4 Å². The summed E-state index contributed by atoms with van der Waals surface area (Å²) in [5, 5.41) is 11.0. The molecule has 0 amide bonds. The number of esters is 1. The summed E-state index contributed by atoms with van der Waals surface area (Å²) in [5.41, 5.74) is -1.35. The predicted octanol–water partition coefficient (Wildman–Crippen LogP) is 5.73. The standard InChI is InChI=1S/C18H13ClF3NO5S/c1-2-27-17(24)9-16(29)12-8-11(4-5-14(12)23(25)26)28-15-6-3-10(7-13(15)19)18(20,21)22/h3-8H,2,9H2,1H3. The molecule has 154 valence electrons. The van der Waals surface area contributed by atoms with Crippen LogP contribution in [0.2, 0.25) is 5.02 Å². The Balaban J connectivity index is 2.34. The average molecular weight is 448 g/mol. The fourth-order valence-corrected chi connectivity index (χ4v) is 2.79. The van der Waals surface area contributed by atoms with Crippen LogP contribution >= 0.6 is 23.8 Å². The molecule has 0 aliphatic heterocycles. The molecule has 0 heterocycles. The second-order valence-corrected chi connectivity index (χ2v) is 6.49. The summed E-state index contributed by atoms with van der Waals surface area (Å²) in [5.74, 6) is -0.696. The van der Waals surface area contributed by atoms with Crippen molar-refractivity contribution in [3.05, 3.63) is 62.7 Å². The number of halogens is 4. The quantitative estimate of drug-likeness (QED) is 0.177. The van der Waals surface area contributed by atoms with Crippen molar-refractivity contribution in [2.75, 3.05) is 6.61 Å². The Hall–Kier alpha value is -2.72. The zero-order valence-electron chi connectivity index (χ0n) is 14.8. The number of nitro benzene ring substituents is 1. The van der Waals surface area contributed by atoms with Crippen LogP contribution < -0.4 is 4.74 Å². The molecule has 29 heavy (non-hydrogen) atoms. The molecule has 0 aliphatic carbocycles. The highest BCUT2D eigenvalue weighted by atomic mass is 35.5. The summed E-state index contributed by atoms with van der Waals surface area (Å²) in [6, 6.07) is 6.09. The number of carbonyl (C=O) groups excluding carboxylic acids is 1. The van der Waals surface area contributed by atoms with Crippen molar-refractivity contribution < 1.29 is 32.4 Å². The number of alkyl halides is 3. The SMILES string of the molecule is CCOC(=O)CC(=S)c1cc(Oc2ccc(C(F)(F)F)cc2Cl)ccc1[N+](=O)[O-]. The van der Waals surface area contributed by atoms with Crippen LogP contribution in [0.5, 0.6) is 11.5 Å². The molecule has 0 saturated heterocycles. The van der Waals surface area contributed by atoms with Gasteiger partial charge in [-0.2, -0.15) is 13.2 Å². The molecule has 2 rings (SSSR count). The van der Waals surface area contributed by atoms with Gasteiger partial charge in [0.1, 0.15) is 11.5 Å². The number of nitro groups is 1. The second-order valence-electron chi connectivity index (χ2n) is 5.59. The van der Waals surface area contributed by atoms with Gasteiger partial charge in [-0.1, -0.05) is 23.8 Å². The number of thiocarbonyl (C=S) groups is 1. The monoisotopic (exact) mass is 447 g/mol. The van der Waals surface area contributed by atoms with E-state index in [1.165, 1.54) is 12.1 Å². The molecule has 0 saturated carbocycles. The number of hydrogen-bond acceptors (Lipinski definition) is 6. The molecule has 0 unspecified atom stereocenters. The van der Waals surface area contributed by atoms with Crippen LogP contribution in [-0.2, 0) is 15.7 Å². The van der Waals surface area contributed by atoms with Crippen LogP contribution in [0.1, 0.15) is 24.5 Å². The maximum atomic E-state index is 12.7. The molecule has 0 aromatic heterocycles. The van der Waals surface area contributed by atoms with Crippen molar-refractivity contribution in [3.8, 4) is 11.5 Å². The van der Waals surface area contributed by atoms with Crippen LogP contribution in [0.3, 0.4) is 0 Å². The Morgan fingerprint density at radius 2 is 1.93 bits per heavy atom. The molecule has 0 aliphatic rings. The van der Waals surface area contributed by atoms with Crippen molar-refractivity contribution in [2.45, 2.75) is 19.5 Å². The van der Waals surface area contributed by atoms with Crippen molar-refractivity contribution >= 4 is 40.3 Å². The Bertz CT molecular complexity index is 965. The lowest BCUT2D eigenvalue weighted by molar-refractivity contribution is -0.385. The Kier molecular flexibility index (Phi) is 7.15. The summed E-state index contributed by atoms with van der Waals surface area (Å²) in [6.07, 6.45) is -4.92. The van der Waals surface area contributed by atoms with Crippen molar-refractivity contribution in [3.63, 3.8) is 0 Å². The fraction of sp³-hybridized carbons (Fsp3) is 0.222. The molecule has 11 heteroatoms. The summed E-state index contributed by atoms with van der Waals surface area (Å²) in [6.45, 7) is 1.73. The van der Waals surface area contributed by atoms with Gasteiger partial charge in [-0.15, -0.1) is 0 Å². The molecule has 0 radical (unpaired) electrons. The number of carbonyl (C=O) groups is 1. The van der Waals surface area contributed by atoms with Crippen LogP contribution in [0.4, 0.5) is 18.9 Å². The van der Waals surface area contributed by atoms with Gasteiger partial charge in [0.2, 0.25) is 0 Å². The first-order chi connectivity index (χ1) is 13.5. The maximum Gasteiger partial charge on any atom is 0.416 e. The number of rotatable bonds is 7. The first kappa shape index (κ1) is 22.6. The number of benzene rings is 2. The van der Waals surface area contributed by atoms with E-state index in [9.17, 15) is 28.1 Å². The van der Waals surface area contributed by atoms with Gasteiger partial charge < -0.3 is 9.47 Å². The van der Waals surface area contributed by atoms with E-state index in [4.69, 9.17) is 33.3 Å². The topological polar surface area (TPSA) is 78.7 Å². The number of nitrogens with zero attached hydrogens (tertiary/aromatic N) is 1. The third-order valence-corrected chi connectivity index (χ3v) is 4.22. The van der Waals surface area contributed by atoms with E-state index in [-0.39, 0.29) is 45.7 Å². The van der Waals surface area contributed by atoms with E-state index in [2.05, 4.69) is 0 Å². The second kappa shape index (κ2) is 9.19. The Labute approximate surface area is 173 Å². The third kappa shape index (κ3) is 5.88. The molecule has 2 aromatic rings. The first-order valence-corrected chi connectivity index (χ1v) is 8.83. The molecule has 0 bridgehead atoms. The first-order valence-electron chi connectivity index (χ1n) is 8.04. The highest BCUT2D eigenvalue weighted by Gasteiger charge is 2.31. The highest BCUT2D eigenvalue weighted by Crippen LogP contribution is 2.37. The minimum absolute atomic E-state index is 0.0402. The highest BCUT2D eigenvalue weighted by molar-refractivity contribution is 7.81. The van der Waals surface area contributed by atoms with Gasteiger partial charge in [0.25, 0.3) is 5.69 Å². The van der Waals surface area contributed by atoms with Gasteiger partial charge in [0, 0.05) is 10.9 Å². The average Bonchev–Trinajstić information content (AvgIpc) is 2.62. The van der Waals surface area contributed by atoms with Crippen molar-refractivity contribution in [1.82, 2.24) is 0 Å². The van der Waals surface area contributed by atoms with E-state index >= 15 is 0 Å². The molecule has 6 nitrogen and oxygen atoms in total. The summed E-state index contributed by atoms with van der Waals surface area (Å²) < 4.78 is 48.4. The van der Waals surface area contributed by atoms with Crippen LogP contribution in [0.25, 0.3) is 0 Å². The minimum atomic E-state index is -4.57. The smallest absolute Gasteiger partial charge is 0.416 e. The summed E-state index contributed by atoms with van der Waals surface area (Å²) in [4.78, 5) is 22.2. The molecule has 0 spiro atoms. The molecular formula is C18H13ClF3NO5S. The van der Waals surface area contributed by atoms with Gasteiger partial charge >= 0.3 is 12.1 Å². The van der Waals surface area contributed by atoms with Gasteiger partial charge in [0.15, 0.2) is 0 Å². The minimum Gasteiger partial charge on any atom is -0.466 e. The van der Waals surface area contributed by atoms with E-state index in [0.29, 0.717) is 6.07 Å². The summed E-state index contributed by atoms with van der Waals surface area (Å²) >= 11 is 11.0. The van der Waals surface area contributed by atoms with Crippen molar-refractivity contribution in [1.29, 1.82) is 0 Å². The van der Waals surface area contributed by atoms with Crippen molar-refractivity contribution in [2.24, 2.45) is 0 Å². The fourth-order valence-electron chi connectivity index (χ4n) is 2.29. The van der Waals surface area contributed by atoms with Gasteiger partial charge in [-0.3, -0.25) is 14.9 Å². The Morgan fingerprint density at radius 1 is 1.24 bits per heavy atom. The third-order valence-electron chi connectivity index (χ3n) is 3.56. The largest absolute Gasteiger partial charge is 0.466 e. The zero-order valence-corrected chi connectivity index (χ0v) is 16.4.